The quantitative estimate of drug-likeness (QED) is 0.522. The SMILES string of the molecule is CC(C)c1ccc(S(=O)(=O)NNC(=O)COc2ccccc2[N+](=O)[O-])cc1. The molecule has 27 heavy (non-hydrogen) atoms. The summed E-state index contributed by atoms with van der Waals surface area (Å²) in [6.07, 6.45) is 0. The van der Waals surface area contributed by atoms with Crippen molar-refractivity contribution in [3.8, 4) is 5.75 Å². The van der Waals surface area contributed by atoms with Crippen LogP contribution in [0.3, 0.4) is 0 Å². The molecule has 10 heteroatoms. The Morgan fingerprint density at radius 2 is 1.78 bits per heavy atom. The summed E-state index contributed by atoms with van der Waals surface area (Å²) in [4.78, 5) is 24.0. The Morgan fingerprint density at radius 3 is 2.37 bits per heavy atom. The lowest BCUT2D eigenvalue weighted by Crippen LogP contribution is -2.43. The van der Waals surface area contributed by atoms with Gasteiger partial charge < -0.3 is 4.74 Å². The van der Waals surface area contributed by atoms with Crippen LogP contribution in [-0.2, 0) is 14.8 Å². The first-order chi connectivity index (χ1) is 12.7. The maximum Gasteiger partial charge on any atom is 0.310 e. The summed E-state index contributed by atoms with van der Waals surface area (Å²) in [7, 11) is -3.95. The number of carbonyl (C=O) groups excluding carboxylic acids is 1. The minimum Gasteiger partial charge on any atom is -0.477 e. The van der Waals surface area contributed by atoms with E-state index in [1.807, 2.05) is 24.1 Å². The van der Waals surface area contributed by atoms with Crippen molar-refractivity contribution in [2.75, 3.05) is 6.61 Å². The molecule has 0 atom stereocenters. The zero-order valence-corrected chi connectivity index (χ0v) is 15.5. The summed E-state index contributed by atoms with van der Waals surface area (Å²) in [5.41, 5.74) is 2.69. The molecule has 2 aromatic rings. The van der Waals surface area contributed by atoms with Gasteiger partial charge in [0.05, 0.1) is 9.82 Å². The maximum atomic E-state index is 12.2. The van der Waals surface area contributed by atoms with Crippen LogP contribution in [0, 0.1) is 10.1 Å². The summed E-state index contributed by atoms with van der Waals surface area (Å²) in [5, 5.41) is 10.9. The van der Waals surface area contributed by atoms with Gasteiger partial charge in [-0.25, -0.2) is 8.42 Å². The van der Waals surface area contributed by atoms with Gasteiger partial charge in [-0.05, 0) is 29.7 Å². The number of benzene rings is 2. The van der Waals surface area contributed by atoms with Crippen LogP contribution in [0.1, 0.15) is 25.3 Å². The molecule has 0 aromatic heterocycles. The van der Waals surface area contributed by atoms with E-state index >= 15 is 0 Å². The number of nitrogens with zero attached hydrogens (tertiary/aromatic N) is 1. The highest BCUT2D eigenvalue weighted by Gasteiger charge is 2.17. The Labute approximate surface area is 156 Å². The predicted octanol–water partition coefficient (Wildman–Crippen LogP) is 2.11. The lowest BCUT2D eigenvalue weighted by atomic mass is 10.0. The third-order valence-corrected chi connectivity index (χ3v) is 4.87. The van der Waals surface area contributed by atoms with E-state index < -0.39 is 27.5 Å². The van der Waals surface area contributed by atoms with Gasteiger partial charge in [0.1, 0.15) is 0 Å². The van der Waals surface area contributed by atoms with E-state index in [0.717, 1.165) is 5.56 Å². The standard InChI is InChI=1S/C17H19N3O6S/c1-12(2)13-7-9-14(10-8-13)27(24,25)19-18-17(21)11-26-16-6-4-3-5-15(16)20(22)23/h3-10,12,19H,11H2,1-2H3,(H,18,21). The first-order valence-corrected chi connectivity index (χ1v) is 9.46. The molecule has 0 bridgehead atoms. The number of nitrogens with one attached hydrogen (secondary N) is 2. The number of ether oxygens (including phenoxy) is 1. The number of amides is 1. The molecule has 0 saturated heterocycles. The lowest BCUT2D eigenvalue weighted by molar-refractivity contribution is -0.385. The number of nitro benzene ring substituents is 1. The molecule has 144 valence electrons. The average molecular weight is 393 g/mol. The van der Waals surface area contributed by atoms with E-state index in [2.05, 4.69) is 0 Å². The van der Waals surface area contributed by atoms with Crippen molar-refractivity contribution < 1.29 is 22.9 Å². The van der Waals surface area contributed by atoms with Gasteiger partial charge in [-0.15, -0.1) is 4.83 Å². The first kappa shape index (κ1) is 20.3. The second-order valence-electron chi connectivity index (χ2n) is 5.89. The van der Waals surface area contributed by atoms with Gasteiger partial charge in [0.2, 0.25) is 0 Å². The van der Waals surface area contributed by atoms with E-state index in [1.54, 1.807) is 12.1 Å². The topological polar surface area (TPSA) is 128 Å². The number of carbonyl (C=O) groups is 1. The molecule has 2 aromatic carbocycles. The highest BCUT2D eigenvalue weighted by molar-refractivity contribution is 7.89. The van der Waals surface area contributed by atoms with Gasteiger partial charge in [0.25, 0.3) is 15.9 Å². The van der Waals surface area contributed by atoms with E-state index in [0.29, 0.717) is 0 Å². The Morgan fingerprint density at radius 1 is 1.15 bits per heavy atom. The fourth-order valence-electron chi connectivity index (χ4n) is 2.12. The molecule has 0 heterocycles. The summed E-state index contributed by atoms with van der Waals surface area (Å²) in [6, 6.07) is 11.8. The Hall–Kier alpha value is -2.98. The normalized spacial score (nSPS) is 11.2. The highest BCUT2D eigenvalue weighted by Crippen LogP contribution is 2.25. The number of para-hydroxylation sites is 2. The molecule has 2 rings (SSSR count). The molecule has 2 N–H and O–H groups in total. The highest BCUT2D eigenvalue weighted by atomic mass is 32.2. The fraction of sp³-hybridized carbons (Fsp3) is 0.235. The Balaban J connectivity index is 1.94. The molecular formula is C17H19N3O6S. The second kappa shape index (κ2) is 8.60. The molecule has 0 fully saturated rings. The summed E-state index contributed by atoms with van der Waals surface area (Å²) >= 11 is 0. The smallest absolute Gasteiger partial charge is 0.310 e. The number of nitro groups is 1. The van der Waals surface area contributed by atoms with Crippen LogP contribution in [0.4, 0.5) is 5.69 Å². The monoisotopic (exact) mass is 393 g/mol. The van der Waals surface area contributed by atoms with Crippen LogP contribution in [-0.4, -0.2) is 25.9 Å². The van der Waals surface area contributed by atoms with Gasteiger partial charge in [-0.2, -0.15) is 0 Å². The first-order valence-electron chi connectivity index (χ1n) is 7.97. The van der Waals surface area contributed by atoms with Crippen LogP contribution < -0.4 is 15.0 Å². The van der Waals surface area contributed by atoms with Gasteiger partial charge in [0, 0.05) is 6.07 Å². The van der Waals surface area contributed by atoms with Crippen LogP contribution in [0.25, 0.3) is 0 Å². The number of hydrogen-bond donors (Lipinski definition) is 2. The van der Waals surface area contributed by atoms with E-state index in [-0.39, 0.29) is 22.3 Å². The van der Waals surface area contributed by atoms with Crippen molar-refractivity contribution in [2.24, 2.45) is 0 Å². The molecular weight excluding hydrogens is 374 g/mol. The van der Waals surface area contributed by atoms with Crippen molar-refractivity contribution in [3.05, 3.63) is 64.2 Å². The van der Waals surface area contributed by atoms with Crippen LogP contribution in [0.15, 0.2) is 53.4 Å². The van der Waals surface area contributed by atoms with E-state index in [9.17, 15) is 23.3 Å². The van der Waals surface area contributed by atoms with Crippen LogP contribution >= 0.6 is 0 Å². The predicted molar refractivity (Wildman–Crippen MR) is 97.6 cm³/mol. The van der Waals surface area contributed by atoms with E-state index in [4.69, 9.17) is 4.74 Å². The van der Waals surface area contributed by atoms with Crippen molar-refractivity contribution in [2.45, 2.75) is 24.7 Å². The molecule has 0 aliphatic carbocycles. The van der Waals surface area contributed by atoms with Crippen LogP contribution in [0.5, 0.6) is 5.75 Å². The summed E-state index contributed by atoms with van der Waals surface area (Å²) < 4.78 is 29.4. The Bertz CT molecular complexity index is 926. The van der Waals surface area contributed by atoms with Crippen LogP contribution in [0.2, 0.25) is 0 Å². The average Bonchev–Trinajstić information content (AvgIpc) is 2.65. The Kier molecular flexibility index (Phi) is 6.48. The van der Waals surface area contributed by atoms with Crippen molar-refractivity contribution in [1.29, 1.82) is 0 Å². The molecule has 0 spiro atoms. The number of hydrogen-bond acceptors (Lipinski definition) is 6. The zero-order chi connectivity index (χ0) is 20.0. The van der Waals surface area contributed by atoms with Gasteiger partial charge >= 0.3 is 5.69 Å². The number of rotatable bonds is 8. The fourth-order valence-corrected chi connectivity index (χ4v) is 2.98. The number of hydrazine groups is 1. The van der Waals surface area contributed by atoms with Gasteiger partial charge in [-0.1, -0.05) is 38.1 Å². The van der Waals surface area contributed by atoms with Crippen molar-refractivity contribution in [3.63, 3.8) is 0 Å². The molecule has 1 amide bonds. The van der Waals surface area contributed by atoms with E-state index in [1.165, 1.54) is 36.4 Å². The van der Waals surface area contributed by atoms with Crippen molar-refractivity contribution >= 4 is 21.6 Å². The molecule has 0 unspecified atom stereocenters. The minimum atomic E-state index is -3.95. The number of sulfonamides is 1. The molecule has 0 aliphatic heterocycles. The minimum absolute atomic E-state index is 0.00758. The lowest BCUT2D eigenvalue weighted by Gasteiger charge is -2.11. The summed E-state index contributed by atoms with van der Waals surface area (Å²) in [5.74, 6) is -0.645. The molecule has 9 nitrogen and oxygen atoms in total. The third kappa shape index (κ3) is 5.50. The van der Waals surface area contributed by atoms with Gasteiger partial charge in [0.15, 0.2) is 12.4 Å². The molecule has 0 radical (unpaired) electrons. The zero-order valence-electron chi connectivity index (χ0n) is 14.7. The second-order valence-corrected chi connectivity index (χ2v) is 7.57. The summed E-state index contributed by atoms with van der Waals surface area (Å²) in [6.45, 7) is 3.37. The van der Waals surface area contributed by atoms with Crippen molar-refractivity contribution in [1.82, 2.24) is 10.3 Å². The maximum absolute atomic E-state index is 12.2. The molecule has 0 aliphatic rings. The van der Waals surface area contributed by atoms with Gasteiger partial charge in [-0.3, -0.25) is 20.3 Å². The molecule has 0 saturated carbocycles. The largest absolute Gasteiger partial charge is 0.477 e. The third-order valence-electron chi connectivity index (χ3n) is 3.60.